The van der Waals surface area contributed by atoms with E-state index < -0.39 is 0 Å². The van der Waals surface area contributed by atoms with E-state index in [-0.39, 0.29) is 5.56 Å². The SMILES string of the molecule is O=c1cc(-c2ccccn2)nc(CCCc2ccccc2)[nH]1. The fourth-order valence-electron chi connectivity index (χ4n) is 2.38. The average Bonchev–Trinajstić information content (AvgIpc) is 2.56. The van der Waals surface area contributed by atoms with Crippen molar-refractivity contribution in [3.8, 4) is 11.4 Å². The number of benzene rings is 1. The van der Waals surface area contributed by atoms with Crippen molar-refractivity contribution in [1.82, 2.24) is 15.0 Å². The van der Waals surface area contributed by atoms with Crippen molar-refractivity contribution < 1.29 is 0 Å². The minimum absolute atomic E-state index is 0.134. The Morgan fingerprint density at radius 2 is 1.73 bits per heavy atom. The zero-order valence-corrected chi connectivity index (χ0v) is 12.2. The molecular weight excluding hydrogens is 274 g/mol. The number of hydrogen-bond donors (Lipinski definition) is 1. The van der Waals surface area contributed by atoms with Crippen molar-refractivity contribution in [2.24, 2.45) is 0 Å². The Labute approximate surface area is 128 Å². The van der Waals surface area contributed by atoms with Gasteiger partial charge in [0.2, 0.25) is 0 Å². The summed E-state index contributed by atoms with van der Waals surface area (Å²) in [5, 5.41) is 0. The molecule has 110 valence electrons. The van der Waals surface area contributed by atoms with Crippen LogP contribution in [0.1, 0.15) is 17.8 Å². The molecule has 0 aliphatic heterocycles. The summed E-state index contributed by atoms with van der Waals surface area (Å²) in [7, 11) is 0. The molecule has 1 N–H and O–H groups in total. The number of hydrogen-bond acceptors (Lipinski definition) is 3. The molecular formula is C18H17N3O. The van der Waals surface area contributed by atoms with Crippen LogP contribution >= 0.6 is 0 Å². The number of H-pyrrole nitrogens is 1. The largest absolute Gasteiger partial charge is 0.311 e. The number of nitrogens with one attached hydrogen (secondary N) is 1. The first-order valence-electron chi connectivity index (χ1n) is 7.37. The molecule has 0 atom stereocenters. The molecule has 0 spiro atoms. The van der Waals surface area contributed by atoms with Gasteiger partial charge >= 0.3 is 0 Å². The van der Waals surface area contributed by atoms with Gasteiger partial charge in [-0.05, 0) is 30.5 Å². The molecule has 0 saturated heterocycles. The van der Waals surface area contributed by atoms with Crippen molar-refractivity contribution in [2.75, 3.05) is 0 Å². The van der Waals surface area contributed by atoms with Gasteiger partial charge in [0.05, 0.1) is 11.4 Å². The lowest BCUT2D eigenvalue weighted by molar-refractivity contribution is 0.766. The van der Waals surface area contributed by atoms with Gasteiger partial charge in [0.1, 0.15) is 5.82 Å². The van der Waals surface area contributed by atoms with Crippen LogP contribution < -0.4 is 5.56 Å². The van der Waals surface area contributed by atoms with Crippen molar-refractivity contribution in [3.05, 3.63) is 82.5 Å². The van der Waals surface area contributed by atoms with Gasteiger partial charge in [0, 0.05) is 18.7 Å². The quantitative estimate of drug-likeness (QED) is 0.786. The smallest absolute Gasteiger partial charge is 0.251 e. The van der Waals surface area contributed by atoms with Gasteiger partial charge in [-0.15, -0.1) is 0 Å². The Kier molecular flexibility index (Phi) is 4.39. The molecule has 0 bridgehead atoms. The van der Waals surface area contributed by atoms with Gasteiger partial charge in [-0.1, -0.05) is 36.4 Å². The Hall–Kier alpha value is -2.75. The molecule has 0 radical (unpaired) electrons. The van der Waals surface area contributed by atoms with E-state index in [4.69, 9.17) is 0 Å². The Balaban J connectivity index is 1.72. The third-order valence-electron chi connectivity index (χ3n) is 3.44. The van der Waals surface area contributed by atoms with Crippen molar-refractivity contribution in [2.45, 2.75) is 19.3 Å². The molecule has 0 saturated carbocycles. The molecule has 0 aliphatic rings. The zero-order chi connectivity index (χ0) is 15.2. The summed E-state index contributed by atoms with van der Waals surface area (Å²) in [6.45, 7) is 0. The maximum atomic E-state index is 11.8. The second kappa shape index (κ2) is 6.80. The van der Waals surface area contributed by atoms with Crippen LogP contribution in [0, 0.1) is 0 Å². The van der Waals surface area contributed by atoms with E-state index in [2.05, 4.69) is 27.1 Å². The highest BCUT2D eigenvalue weighted by Crippen LogP contribution is 2.12. The van der Waals surface area contributed by atoms with E-state index in [0.29, 0.717) is 11.5 Å². The number of rotatable bonds is 5. The number of nitrogens with zero attached hydrogens (tertiary/aromatic N) is 2. The monoisotopic (exact) mass is 291 g/mol. The summed E-state index contributed by atoms with van der Waals surface area (Å²) < 4.78 is 0. The molecule has 3 rings (SSSR count). The number of aryl methyl sites for hydroxylation is 2. The van der Waals surface area contributed by atoms with E-state index in [1.807, 2.05) is 36.4 Å². The molecule has 2 aromatic heterocycles. The molecule has 1 aromatic carbocycles. The van der Waals surface area contributed by atoms with E-state index in [1.165, 1.54) is 11.6 Å². The number of pyridine rings is 1. The number of aromatic amines is 1. The Morgan fingerprint density at radius 3 is 2.50 bits per heavy atom. The molecule has 0 unspecified atom stereocenters. The Morgan fingerprint density at radius 1 is 0.909 bits per heavy atom. The van der Waals surface area contributed by atoms with E-state index in [1.54, 1.807) is 6.20 Å². The normalized spacial score (nSPS) is 10.5. The van der Waals surface area contributed by atoms with Gasteiger partial charge in [-0.3, -0.25) is 9.78 Å². The fraction of sp³-hybridized carbons (Fsp3) is 0.167. The topological polar surface area (TPSA) is 58.6 Å². The van der Waals surface area contributed by atoms with Crippen molar-refractivity contribution in [1.29, 1.82) is 0 Å². The summed E-state index contributed by atoms with van der Waals surface area (Å²) in [4.78, 5) is 23.4. The summed E-state index contributed by atoms with van der Waals surface area (Å²) in [5.74, 6) is 0.712. The van der Waals surface area contributed by atoms with Gasteiger partial charge in [0.25, 0.3) is 5.56 Å². The van der Waals surface area contributed by atoms with Crippen LogP contribution in [0.3, 0.4) is 0 Å². The first kappa shape index (κ1) is 14.2. The van der Waals surface area contributed by atoms with Gasteiger partial charge < -0.3 is 4.98 Å². The predicted octanol–water partition coefficient (Wildman–Crippen LogP) is 3.01. The van der Waals surface area contributed by atoms with Crippen LogP contribution in [-0.4, -0.2) is 15.0 Å². The lowest BCUT2D eigenvalue weighted by atomic mass is 10.1. The third-order valence-corrected chi connectivity index (χ3v) is 3.44. The van der Waals surface area contributed by atoms with E-state index >= 15 is 0 Å². The summed E-state index contributed by atoms with van der Waals surface area (Å²) >= 11 is 0. The summed E-state index contributed by atoms with van der Waals surface area (Å²) in [5.41, 5.74) is 2.51. The molecule has 0 amide bonds. The van der Waals surface area contributed by atoms with Gasteiger partial charge in [-0.2, -0.15) is 0 Å². The Bertz CT molecular complexity index is 782. The van der Waals surface area contributed by atoms with Crippen LogP contribution in [0.5, 0.6) is 0 Å². The van der Waals surface area contributed by atoms with Crippen molar-refractivity contribution in [3.63, 3.8) is 0 Å². The lowest BCUT2D eigenvalue weighted by Crippen LogP contribution is -2.11. The van der Waals surface area contributed by atoms with E-state index in [0.717, 1.165) is 25.0 Å². The van der Waals surface area contributed by atoms with Crippen molar-refractivity contribution >= 4 is 0 Å². The van der Waals surface area contributed by atoms with Crippen LogP contribution in [0.15, 0.2) is 65.6 Å². The maximum Gasteiger partial charge on any atom is 0.251 e. The highest BCUT2D eigenvalue weighted by molar-refractivity contribution is 5.52. The molecule has 0 fully saturated rings. The first-order chi connectivity index (χ1) is 10.8. The molecule has 4 heteroatoms. The van der Waals surface area contributed by atoms with Crippen LogP contribution in [0.25, 0.3) is 11.4 Å². The second-order valence-corrected chi connectivity index (χ2v) is 5.13. The molecule has 4 nitrogen and oxygen atoms in total. The standard InChI is InChI=1S/C18H17N3O/c22-18-13-16(15-10-4-5-12-19-15)20-17(21-18)11-6-9-14-7-2-1-3-8-14/h1-5,7-8,10,12-13H,6,9,11H2,(H,20,21,22). The first-order valence-corrected chi connectivity index (χ1v) is 7.37. The van der Waals surface area contributed by atoms with Crippen LogP contribution in [0.4, 0.5) is 0 Å². The molecule has 2 heterocycles. The van der Waals surface area contributed by atoms with Crippen LogP contribution in [-0.2, 0) is 12.8 Å². The fourth-order valence-corrected chi connectivity index (χ4v) is 2.38. The molecule has 3 aromatic rings. The van der Waals surface area contributed by atoms with Gasteiger partial charge in [0.15, 0.2) is 0 Å². The van der Waals surface area contributed by atoms with E-state index in [9.17, 15) is 4.79 Å². The highest BCUT2D eigenvalue weighted by atomic mass is 16.1. The average molecular weight is 291 g/mol. The minimum Gasteiger partial charge on any atom is -0.311 e. The van der Waals surface area contributed by atoms with Gasteiger partial charge in [-0.25, -0.2) is 4.98 Å². The molecule has 22 heavy (non-hydrogen) atoms. The van der Waals surface area contributed by atoms with Crippen LogP contribution in [0.2, 0.25) is 0 Å². The maximum absolute atomic E-state index is 11.8. The number of aromatic nitrogens is 3. The lowest BCUT2D eigenvalue weighted by Gasteiger charge is -2.04. The highest BCUT2D eigenvalue weighted by Gasteiger charge is 2.05. The molecule has 0 aliphatic carbocycles. The predicted molar refractivity (Wildman–Crippen MR) is 86.6 cm³/mol. The summed E-state index contributed by atoms with van der Waals surface area (Å²) in [6.07, 6.45) is 4.36. The third kappa shape index (κ3) is 3.67. The minimum atomic E-state index is -0.134. The second-order valence-electron chi connectivity index (χ2n) is 5.13. The zero-order valence-electron chi connectivity index (χ0n) is 12.2. The summed E-state index contributed by atoms with van der Waals surface area (Å²) in [6, 6.07) is 17.4.